The van der Waals surface area contributed by atoms with Crippen molar-refractivity contribution in [3.05, 3.63) is 89.6 Å². The van der Waals surface area contributed by atoms with Crippen LogP contribution in [0.1, 0.15) is 23.7 Å². The van der Waals surface area contributed by atoms with E-state index in [-0.39, 0.29) is 12.3 Å². The SMILES string of the molecule is CCc1c(CC(=O)NN)c2cc(OC)ccc2n1Cc1ccccc1-c1ccccc1. The normalized spacial score (nSPS) is 10.9. The molecular weight excluding hydrogens is 386 g/mol. The van der Waals surface area contributed by atoms with Crippen molar-refractivity contribution >= 4 is 16.8 Å². The molecule has 0 unspecified atom stereocenters. The lowest BCUT2D eigenvalue weighted by Crippen LogP contribution is -2.31. The molecule has 0 spiro atoms. The lowest BCUT2D eigenvalue weighted by Gasteiger charge is -2.15. The van der Waals surface area contributed by atoms with Gasteiger partial charge in [0.2, 0.25) is 5.91 Å². The molecule has 4 rings (SSSR count). The van der Waals surface area contributed by atoms with Gasteiger partial charge in [-0.2, -0.15) is 0 Å². The maximum atomic E-state index is 12.2. The lowest BCUT2D eigenvalue weighted by molar-refractivity contribution is -0.120. The Morgan fingerprint density at radius 2 is 1.77 bits per heavy atom. The van der Waals surface area contributed by atoms with Gasteiger partial charge in [0.15, 0.2) is 0 Å². The van der Waals surface area contributed by atoms with Gasteiger partial charge in [0.25, 0.3) is 0 Å². The fourth-order valence-electron chi connectivity index (χ4n) is 4.30. The molecule has 0 aliphatic heterocycles. The molecule has 31 heavy (non-hydrogen) atoms. The van der Waals surface area contributed by atoms with E-state index in [4.69, 9.17) is 10.6 Å². The number of nitrogens with zero attached hydrogens (tertiary/aromatic N) is 1. The predicted octanol–water partition coefficient (Wildman–Crippen LogP) is 4.46. The molecule has 1 heterocycles. The molecule has 0 aliphatic carbocycles. The van der Waals surface area contributed by atoms with Crippen LogP contribution >= 0.6 is 0 Å². The largest absolute Gasteiger partial charge is 0.497 e. The number of carbonyl (C=O) groups is 1. The molecule has 158 valence electrons. The molecule has 5 heteroatoms. The van der Waals surface area contributed by atoms with Crippen LogP contribution in [0.3, 0.4) is 0 Å². The van der Waals surface area contributed by atoms with Crippen molar-refractivity contribution in [2.75, 3.05) is 7.11 Å². The molecule has 0 atom stereocenters. The number of hydrogen-bond acceptors (Lipinski definition) is 3. The number of amides is 1. The first-order chi connectivity index (χ1) is 15.2. The molecule has 0 saturated heterocycles. The number of carbonyl (C=O) groups excluding carboxylic acids is 1. The number of nitrogens with two attached hydrogens (primary N) is 1. The van der Waals surface area contributed by atoms with Crippen molar-refractivity contribution in [2.24, 2.45) is 5.84 Å². The van der Waals surface area contributed by atoms with Crippen molar-refractivity contribution in [1.29, 1.82) is 0 Å². The summed E-state index contributed by atoms with van der Waals surface area (Å²) in [7, 11) is 1.65. The summed E-state index contributed by atoms with van der Waals surface area (Å²) >= 11 is 0. The number of hydrogen-bond donors (Lipinski definition) is 2. The summed E-state index contributed by atoms with van der Waals surface area (Å²) in [6.45, 7) is 2.83. The zero-order chi connectivity index (χ0) is 21.8. The molecule has 0 saturated carbocycles. The van der Waals surface area contributed by atoms with Gasteiger partial charge < -0.3 is 9.30 Å². The van der Waals surface area contributed by atoms with Crippen LogP contribution in [-0.4, -0.2) is 17.6 Å². The number of ether oxygens (including phenoxy) is 1. The molecule has 5 nitrogen and oxygen atoms in total. The molecular formula is C26H27N3O2. The third-order valence-corrected chi connectivity index (χ3v) is 5.76. The molecule has 1 aromatic heterocycles. The van der Waals surface area contributed by atoms with Crippen LogP contribution in [0.2, 0.25) is 0 Å². The monoisotopic (exact) mass is 413 g/mol. The number of rotatable bonds is 7. The van der Waals surface area contributed by atoms with Crippen molar-refractivity contribution in [2.45, 2.75) is 26.3 Å². The molecule has 0 radical (unpaired) electrons. The molecule has 1 amide bonds. The Kier molecular flexibility index (Phi) is 6.05. The van der Waals surface area contributed by atoms with Gasteiger partial charge in [-0.05, 0) is 46.9 Å². The predicted molar refractivity (Wildman–Crippen MR) is 125 cm³/mol. The van der Waals surface area contributed by atoms with Gasteiger partial charge in [-0.1, -0.05) is 61.5 Å². The highest BCUT2D eigenvalue weighted by Crippen LogP contribution is 2.33. The summed E-state index contributed by atoms with van der Waals surface area (Å²) in [5.41, 5.74) is 9.11. The number of methoxy groups -OCH3 is 1. The van der Waals surface area contributed by atoms with Crippen molar-refractivity contribution in [1.82, 2.24) is 9.99 Å². The van der Waals surface area contributed by atoms with E-state index >= 15 is 0 Å². The summed E-state index contributed by atoms with van der Waals surface area (Å²) in [4.78, 5) is 12.2. The van der Waals surface area contributed by atoms with Gasteiger partial charge in [-0.25, -0.2) is 5.84 Å². The Morgan fingerprint density at radius 1 is 1.03 bits per heavy atom. The first kappa shape index (κ1) is 20.7. The van der Waals surface area contributed by atoms with E-state index in [1.165, 1.54) is 16.7 Å². The summed E-state index contributed by atoms with van der Waals surface area (Å²) in [5.74, 6) is 5.96. The topological polar surface area (TPSA) is 69.3 Å². The van der Waals surface area contributed by atoms with E-state index in [1.807, 2.05) is 18.2 Å². The summed E-state index contributed by atoms with van der Waals surface area (Å²) in [6.07, 6.45) is 1.04. The minimum absolute atomic E-state index is 0.207. The third kappa shape index (κ3) is 4.05. The van der Waals surface area contributed by atoms with Crippen LogP contribution in [0.25, 0.3) is 22.0 Å². The van der Waals surface area contributed by atoms with Crippen LogP contribution < -0.4 is 16.0 Å². The van der Waals surface area contributed by atoms with Gasteiger partial charge in [0.05, 0.1) is 13.5 Å². The fourth-order valence-corrected chi connectivity index (χ4v) is 4.30. The van der Waals surface area contributed by atoms with E-state index in [1.54, 1.807) is 7.11 Å². The van der Waals surface area contributed by atoms with Crippen molar-refractivity contribution in [3.8, 4) is 16.9 Å². The Bertz CT molecular complexity index is 1210. The van der Waals surface area contributed by atoms with E-state index in [2.05, 4.69) is 71.5 Å². The Morgan fingerprint density at radius 3 is 2.48 bits per heavy atom. The van der Waals surface area contributed by atoms with Crippen molar-refractivity contribution in [3.63, 3.8) is 0 Å². The van der Waals surface area contributed by atoms with E-state index in [9.17, 15) is 4.79 Å². The summed E-state index contributed by atoms with van der Waals surface area (Å²) in [5, 5.41) is 1.02. The molecule has 4 aromatic rings. The maximum absolute atomic E-state index is 12.2. The first-order valence-electron chi connectivity index (χ1n) is 10.5. The summed E-state index contributed by atoms with van der Waals surface area (Å²) < 4.78 is 7.77. The van der Waals surface area contributed by atoms with Gasteiger partial charge >= 0.3 is 0 Å². The molecule has 0 aliphatic rings. The second kappa shape index (κ2) is 9.06. The van der Waals surface area contributed by atoms with Crippen LogP contribution in [0.4, 0.5) is 0 Å². The molecule has 0 bridgehead atoms. The molecule has 3 N–H and O–H groups in total. The zero-order valence-electron chi connectivity index (χ0n) is 17.9. The number of fused-ring (bicyclic) bond motifs is 1. The van der Waals surface area contributed by atoms with E-state index < -0.39 is 0 Å². The zero-order valence-corrected chi connectivity index (χ0v) is 17.9. The minimum Gasteiger partial charge on any atom is -0.497 e. The highest BCUT2D eigenvalue weighted by molar-refractivity contribution is 5.91. The highest BCUT2D eigenvalue weighted by Gasteiger charge is 2.19. The summed E-state index contributed by atoms with van der Waals surface area (Å²) in [6, 6.07) is 24.9. The lowest BCUT2D eigenvalue weighted by atomic mass is 9.99. The number of hydrazine groups is 1. The van der Waals surface area contributed by atoms with Gasteiger partial charge in [0, 0.05) is 23.1 Å². The van der Waals surface area contributed by atoms with Crippen LogP contribution in [-0.2, 0) is 24.2 Å². The van der Waals surface area contributed by atoms with Gasteiger partial charge in [0.1, 0.15) is 5.75 Å². The quantitative estimate of drug-likeness (QED) is 0.267. The van der Waals surface area contributed by atoms with Crippen LogP contribution in [0.15, 0.2) is 72.8 Å². The third-order valence-electron chi connectivity index (χ3n) is 5.76. The van der Waals surface area contributed by atoms with Crippen molar-refractivity contribution < 1.29 is 9.53 Å². The Labute approximate surface area is 182 Å². The number of aromatic nitrogens is 1. The van der Waals surface area contributed by atoms with Crippen LogP contribution in [0, 0.1) is 0 Å². The first-order valence-corrected chi connectivity index (χ1v) is 10.5. The second-order valence-electron chi connectivity index (χ2n) is 7.52. The van der Waals surface area contributed by atoms with E-state index in [0.29, 0.717) is 6.54 Å². The minimum atomic E-state index is -0.207. The van der Waals surface area contributed by atoms with Gasteiger partial charge in [-0.15, -0.1) is 0 Å². The Balaban J connectivity index is 1.88. The fraction of sp³-hybridized carbons (Fsp3) is 0.192. The average Bonchev–Trinajstić information content (AvgIpc) is 3.11. The molecule has 0 fully saturated rings. The number of nitrogens with one attached hydrogen (secondary N) is 1. The standard InChI is InChI=1S/C26H27N3O2/c1-3-24-23(16-26(30)28-27)22-15-20(31-2)13-14-25(22)29(24)17-19-11-7-8-12-21(19)18-9-5-4-6-10-18/h4-15H,3,16-17,27H2,1-2H3,(H,28,30). The number of benzene rings is 3. The average molecular weight is 414 g/mol. The highest BCUT2D eigenvalue weighted by atomic mass is 16.5. The smallest absolute Gasteiger partial charge is 0.238 e. The Hall–Kier alpha value is -3.57. The second-order valence-corrected chi connectivity index (χ2v) is 7.52. The van der Waals surface area contributed by atoms with Gasteiger partial charge in [-0.3, -0.25) is 10.2 Å². The van der Waals surface area contributed by atoms with Crippen LogP contribution in [0.5, 0.6) is 5.75 Å². The van der Waals surface area contributed by atoms with E-state index in [0.717, 1.165) is 34.3 Å². The maximum Gasteiger partial charge on any atom is 0.238 e. The molecule has 3 aromatic carbocycles.